The van der Waals surface area contributed by atoms with Crippen LogP contribution in [0.4, 0.5) is 5.69 Å². The Balaban J connectivity index is 1.36. The van der Waals surface area contributed by atoms with Gasteiger partial charge in [-0.2, -0.15) is 0 Å². The molecule has 2 fully saturated rings. The Hall–Kier alpha value is -2.41. The molecule has 7 nitrogen and oxygen atoms in total. The summed E-state index contributed by atoms with van der Waals surface area (Å²) in [4.78, 5) is 33.8. The largest absolute Gasteiger partial charge is 0.333 e. The van der Waals surface area contributed by atoms with Crippen LogP contribution in [-0.4, -0.2) is 56.8 Å². The molecule has 3 aliphatic rings. The standard InChI is InChI=1S/C22H29N5O2/c1-15(28)23-17-7-8-20-18(11-17)24-21-13-26(22(29)14-27(20)21)12-16-5-4-10-25-9-3-2-6-19(16)25/h7-8,11,16,19H,2-6,9-10,12-14H2,1H3,(H,23,28)/t16-,19-/m1/s1. The Morgan fingerprint density at radius 1 is 1.17 bits per heavy atom. The lowest BCUT2D eigenvalue weighted by Gasteiger charge is -2.46. The summed E-state index contributed by atoms with van der Waals surface area (Å²) < 4.78 is 2.03. The summed E-state index contributed by atoms with van der Waals surface area (Å²) in [6.07, 6.45) is 6.38. The van der Waals surface area contributed by atoms with Gasteiger partial charge in [0.25, 0.3) is 0 Å². The molecule has 5 rings (SSSR count). The summed E-state index contributed by atoms with van der Waals surface area (Å²) in [6.45, 7) is 5.72. The lowest BCUT2D eigenvalue weighted by atomic mass is 9.83. The number of hydrogen-bond donors (Lipinski definition) is 1. The van der Waals surface area contributed by atoms with E-state index >= 15 is 0 Å². The number of carbonyl (C=O) groups is 2. The predicted octanol–water partition coefficient (Wildman–Crippen LogP) is 2.60. The van der Waals surface area contributed by atoms with Crippen molar-refractivity contribution < 1.29 is 9.59 Å². The van der Waals surface area contributed by atoms with Crippen LogP contribution < -0.4 is 5.32 Å². The monoisotopic (exact) mass is 395 g/mol. The highest BCUT2D eigenvalue weighted by molar-refractivity contribution is 5.92. The number of aromatic nitrogens is 2. The second-order valence-electron chi connectivity index (χ2n) is 8.77. The fourth-order valence-corrected chi connectivity index (χ4v) is 5.49. The molecular weight excluding hydrogens is 366 g/mol. The summed E-state index contributed by atoms with van der Waals surface area (Å²) >= 11 is 0. The summed E-state index contributed by atoms with van der Waals surface area (Å²) in [5.74, 6) is 1.61. The van der Waals surface area contributed by atoms with Gasteiger partial charge in [-0.3, -0.25) is 9.59 Å². The number of nitrogens with zero attached hydrogens (tertiary/aromatic N) is 4. The molecule has 7 heteroatoms. The maximum atomic E-state index is 13.0. The first-order chi connectivity index (χ1) is 14.1. The Morgan fingerprint density at radius 3 is 2.90 bits per heavy atom. The summed E-state index contributed by atoms with van der Waals surface area (Å²) in [6, 6.07) is 6.35. The van der Waals surface area contributed by atoms with Gasteiger partial charge < -0.3 is 19.7 Å². The Labute approximate surface area is 171 Å². The van der Waals surface area contributed by atoms with Gasteiger partial charge in [0.2, 0.25) is 11.8 Å². The molecule has 4 heterocycles. The van der Waals surface area contributed by atoms with Gasteiger partial charge >= 0.3 is 0 Å². The van der Waals surface area contributed by atoms with E-state index in [9.17, 15) is 9.59 Å². The molecule has 0 aliphatic carbocycles. The van der Waals surface area contributed by atoms with Gasteiger partial charge in [0, 0.05) is 25.2 Å². The van der Waals surface area contributed by atoms with Gasteiger partial charge in [0.15, 0.2) is 0 Å². The van der Waals surface area contributed by atoms with E-state index in [0.717, 1.165) is 29.1 Å². The third-order valence-electron chi connectivity index (χ3n) is 6.81. The van der Waals surface area contributed by atoms with Crippen molar-refractivity contribution in [2.24, 2.45) is 5.92 Å². The van der Waals surface area contributed by atoms with E-state index in [-0.39, 0.29) is 11.8 Å². The molecule has 29 heavy (non-hydrogen) atoms. The fourth-order valence-electron chi connectivity index (χ4n) is 5.49. The molecule has 0 bridgehead atoms. The summed E-state index contributed by atoms with van der Waals surface area (Å²) in [5, 5.41) is 2.81. The zero-order valence-corrected chi connectivity index (χ0v) is 17.1. The third kappa shape index (κ3) is 3.52. The molecule has 2 atom stereocenters. The van der Waals surface area contributed by atoms with E-state index in [0.29, 0.717) is 25.0 Å². The van der Waals surface area contributed by atoms with Crippen molar-refractivity contribution in [3.8, 4) is 0 Å². The Morgan fingerprint density at radius 2 is 2.03 bits per heavy atom. The average molecular weight is 396 g/mol. The van der Waals surface area contributed by atoms with Crippen molar-refractivity contribution in [2.75, 3.05) is 25.0 Å². The number of fused-ring (bicyclic) bond motifs is 4. The van der Waals surface area contributed by atoms with Gasteiger partial charge in [-0.1, -0.05) is 6.42 Å². The normalized spacial score (nSPS) is 25.0. The third-order valence-corrected chi connectivity index (χ3v) is 6.81. The Kier molecular flexibility index (Phi) is 4.78. The summed E-state index contributed by atoms with van der Waals surface area (Å²) in [5.41, 5.74) is 2.53. The molecular formula is C22H29N5O2. The fraction of sp³-hybridized carbons (Fsp3) is 0.591. The van der Waals surface area contributed by atoms with Crippen LogP contribution in [0.5, 0.6) is 0 Å². The number of benzene rings is 1. The zero-order chi connectivity index (χ0) is 20.0. The van der Waals surface area contributed by atoms with E-state index in [1.807, 2.05) is 27.7 Å². The van der Waals surface area contributed by atoms with Crippen molar-refractivity contribution in [1.82, 2.24) is 19.4 Å². The highest BCUT2D eigenvalue weighted by Gasteiger charge is 2.36. The maximum Gasteiger partial charge on any atom is 0.242 e. The number of hydrogen-bond acceptors (Lipinski definition) is 4. The molecule has 1 aromatic heterocycles. The number of anilines is 1. The lowest BCUT2D eigenvalue weighted by Crippen LogP contribution is -2.52. The molecule has 2 amide bonds. The van der Waals surface area contributed by atoms with E-state index in [1.54, 1.807) is 0 Å². The van der Waals surface area contributed by atoms with Crippen molar-refractivity contribution in [3.63, 3.8) is 0 Å². The predicted molar refractivity (Wildman–Crippen MR) is 111 cm³/mol. The average Bonchev–Trinajstić information content (AvgIpc) is 3.04. The molecule has 0 spiro atoms. The minimum Gasteiger partial charge on any atom is -0.333 e. The molecule has 154 valence electrons. The first-order valence-corrected chi connectivity index (χ1v) is 10.9. The van der Waals surface area contributed by atoms with Crippen LogP contribution in [0, 0.1) is 5.92 Å². The van der Waals surface area contributed by atoms with Gasteiger partial charge in [0.05, 0.1) is 17.6 Å². The smallest absolute Gasteiger partial charge is 0.242 e. The highest BCUT2D eigenvalue weighted by Crippen LogP contribution is 2.32. The highest BCUT2D eigenvalue weighted by atomic mass is 16.2. The van der Waals surface area contributed by atoms with Crippen LogP contribution in [0.1, 0.15) is 44.9 Å². The van der Waals surface area contributed by atoms with E-state index in [2.05, 4.69) is 10.2 Å². The number of carbonyl (C=O) groups excluding carboxylic acids is 2. The van der Waals surface area contributed by atoms with Gasteiger partial charge in [-0.05, 0) is 62.9 Å². The Bertz CT molecular complexity index is 950. The molecule has 1 N–H and O–H groups in total. The van der Waals surface area contributed by atoms with Crippen molar-refractivity contribution >= 4 is 28.5 Å². The number of rotatable bonds is 3. The van der Waals surface area contributed by atoms with Crippen molar-refractivity contribution in [1.29, 1.82) is 0 Å². The van der Waals surface area contributed by atoms with Crippen LogP contribution in [0.3, 0.4) is 0 Å². The van der Waals surface area contributed by atoms with E-state index < -0.39 is 0 Å². The number of nitrogens with one attached hydrogen (secondary N) is 1. The zero-order valence-electron chi connectivity index (χ0n) is 17.1. The first-order valence-electron chi connectivity index (χ1n) is 10.9. The van der Waals surface area contributed by atoms with Crippen molar-refractivity contribution in [3.05, 3.63) is 24.0 Å². The topological polar surface area (TPSA) is 70.5 Å². The summed E-state index contributed by atoms with van der Waals surface area (Å²) in [7, 11) is 0. The second kappa shape index (κ2) is 7.44. The van der Waals surface area contributed by atoms with Crippen LogP contribution in [0.2, 0.25) is 0 Å². The molecule has 2 saturated heterocycles. The van der Waals surface area contributed by atoms with Gasteiger partial charge in [-0.15, -0.1) is 0 Å². The second-order valence-corrected chi connectivity index (χ2v) is 8.77. The van der Waals surface area contributed by atoms with Gasteiger partial charge in [0.1, 0.15) is 12.4 Å². The quantitative estimate of drug-likeness (QED) is 0.867. The number of piperidine rings is 2. The van der Waals surface area contributed by atoms with Crippen LogP contribution in [0.25, 0.3) is 11.0 Å². The molecule has 0 radical (unpaired) electrons. The van der Waals surface area contributed by atoms with Crippen molar-refractivity contribution in [2.45, 2.75) is 58.2 Å². The number of amides is 2. The van der Waals surface area contributed by atoms with E-state index in [4.69, 9.17) is 4.98 Å². The minimum absolute atomic E-state index is 0.0982. The maximum absolute atomic E-state index is 13.0. The van der Waals surface area contributed by atoms with Crippen LogP contribution >= 0.6 is 0 Å². The molecule has 1 aromatic carbocycles. The molecule has 2 aromatic rings. The van der Waals surface area contributed by atoms with Crippen LogP contribution in [-0.2, 0) is 22.7 Å². The lowest BCUT2D eigenvalue weighted by molar-refractivity contribution is -0.135. The SMILES string of the molecule is CC(=O)Nc1ccc2c(c1)nc1n2CC(=O)N(C[C@H]2CCCN3CCCC[C@H]23)C1. The van der Waals surface area contributed by atoms with Gasteiger partial charge in [-0.25, -0.2) is 4.98 Å². The molecule has 0 saturated carbocycles. The minimum atomic E-state index is -0.0982. The first kappa shape index (κ1) is 18.6. The van der Waals surface area contributed by atoms with E-state index in [1.165, 1.54) is 52.1 Å². The molecule has 0 unspecified atom stereocenters. The number of imidazole rings is 1. The van der Waals surface area contributed by atoms with Crippen LogP contribution in [0.15, 0.2) is 18.2 Å². The molecule has 3 aliphatic heterocycles.